The second-order valence-electron chi connectivity index (χ2n) is 28.1. The lowest BCUT2D eigenvalue weighted by Gasteiger charge is -2.45. The van der Waals surface area contributed by atoms with Gasteiger partial charge in [-0.1, -0.05) is 384 Å². The molecule has 12 nitrogen and oxygen atoms in total. The SMILES string of the molecule is CCCCCCCCCCCCCCCCCCCCCCCCCC(=O)N[C@@H](CO[C@H]1O[C@H](COCc2ccccc2)[C@@H](OS(C)(=O)=O)[C@H](OCc2ccccc2)[C@H]1OCc1ccccc1)[C@H](OCc1ccccc1)[C@@H](CCCCCCCCCCCCCC)OCc1ccccc1. The predicted molar refractivity (Wildman–Crippen MR) is 405 cm³/mol. The van der Waals surface area contributed by atoms with Crippen molar-refractivity contribution in [3.63, 3.8) is 0 Å². The van der Waals surface area contributed by atoms with E-state index in [4.69, 9.17) is 37.3 Å². The van der Waals surface area contributed by atoms with Gasteiger partial charge in [0, 0.05) is 6.42 Å². The third-order valence-electron chi connectivity index (χ3n) is 19.3. The van der Waals surface area contributed by atoms with Crippen LogP contribution in [0.15, 0.2) is 152 Å². The number of benzene rings is 5. The highest BCUT2D eigenvalue weighted by Crippen LogP contribution is 2.33. The van der Waals surface area contributed by atoms with E-state index in [2.05, 4.69) is 43.4 Å². The van der Waals surface area contributed by atoms with E-state index in [-0.39, 0.29) is 45.5 Å². The zero-order valence-electron chi connectivity index (χ0n) is 61.6. The van der Waals surface area contributed by atoms with E-state index < -0.39 is 59.1 Å². The fourth-order valence-corrected chi connectivity index (χ4v) is 14.2. The zero-order chi connectivity index (χ0) is 69.7. The summed E-state index contributed by atoms with van der Waals surface area (Å²) in [6.07, 6.45) is 40.2. The van der Waals surface area contributed by atoms with E-state index >= 15 is 0 Å². The molecular formula is C86H131NO11S. The van der Waals surface area contributed by atoms with Gasteiger partial charge in [-0.3, -0.25) is 8.98 Å². The van der Waals surface area contributed by atoms with Crippen LogP contribution in [0.5, 0.6) is 0 Å². The molecule has 6 rings (SSSR count). The Hall–Kier alpha value is -4.80. The summed E-state index contributed by atoms with van der Waals surface area (Å²) in [6, 6.07) is 48.9. The van der Waals surface area contributed by atoms with E-state index in [0.717, 1.165) is 72.6 Å². The lowest BCUT2D eigenvalue weighted by molar-refractivity contribution is -0.319. The Balaban J connectivity index is 1.19. The van der Waals surface area contributed by atoms with Crippen LogP contribution >= 0.6 is 0 Å². The highest BCUT2D eigenvalue weighted by atomic mass is 32.2. The van der Waals surface area contributed by atoms with E-state index in [9.17, 15) is 13.2 Å². The van der Waals surface area contributed by atoms with Crippen LogP contribution in [0.4, 0.5) is 0 Å². The van der Waals surface area contributed by atoms with Gasteiger partial charge >= 0.3 is 0 Å². The van der Waals surface area contributed by atoms with Crippen LogP contribution in [0, 0.1) is 0 Å². The summed E-state index contributed by atoms with van der Waals surface area (Å²) in [7, 11) is -4.11. The number of ether oxygens (including phenoxy) is 7. The fourth-order valence-electron chi connectivity index (χ4n) is 13.6. The molecule has 0 radical (unpaired) electrons. The average Bonchev–Trinajstić information content (AvgIpc) is 0.786. The average molecular weight is 1390 g/mol. The monoisotopic (exact) mass is 1390 g/mol. The first-order valence-electron chi connectivity index (χ1n) is 39.4. The Morgan fingerprint density at radius 3 is 1.14 bits per heavy atom. The van der Waals surface area contributed by atoms with E-state index in [1.165, 1.54) is 186 Å². The fraction of sp³-hybridized carbons (Fsp3) is 0.640. The maximum Gasteiger partial charge on any atom is 0.264 e. The number of hydrogen-bond donors (Lipinski definition) is 1. The van der Waals surface area contributed by atoms with E-state index in [1.54, 1.807) is 0 Å². The normalized spacial score (nSPS) is 17.3. The van der Waals surface area contributed by atoms with Gasteiger partial charge in [-0.25, -0.2) is 0 Å². The summed E-state index contributed by atoms with van der Waals surface area (Å²) in [5.41, 5.74) is 4.72. The third kappa shape index (κ3) is 38.3. The molecule has 1 fully saturated rings. The van der Waals surface area contributed by atoms with Gasteiger partial charge < -0.3 is 38.5 Å². The van der Waals surface area contributed by atoms with Crippen molar-refractivity contribution >= 4 is 16.0 Å². The highest BCUT2D eigenvalue weighted by Gasteiger charge is 2.51. The summed E-state index contributed by atoms with van der Waals surface area (Å²) in [5.74, 6) is -0.0908. The molecule has 5 aromatic carbocycles. The van der Waals surface area contributed by atoms with Crippen LogP contribution in [-0.4, -0.2) is 82.8 Å². The molecule has 0 spiro atoms. The van der Waals surface area contributed by atoms with E-state index in [1.807, 2.05) is 127 Å². The minimum Gasteiger partial charge on any atom is -0.374 e. The maximum absolute atomic E-state index is 14.8. The smallest absolute Gasteiger partial charge is 0.264 e. The van der Waals surface area contributed by atoms with Crippen LogP contribution in [0.25, 0.3) is 0 Å². The van der Waals surface area contributed by atoms with Crippen molar-refractivity contribution in [3.05, 3.63) is 179 Å². The first-order valence-corrected chi connectivity index (χ1v) is 41.2. The Morgan fingerprint density at radius 2 is 0.747 bits per heavy atom. The molecule has 0 saturated carbocycles. The van der Waals surface area contributed by atoms with E-state index in [0.29, 0.717) is 19.4 Å². The second-order valence-corrected chi connectivity index (χ2v) is 29.7. The zero-order valence-corrected chi connectivity index (χ0v) is 62.4. The summed E-state index contributed by atoms with van der Waals surface area (Å²) < 4.78 is 81.6. The number of nitrogens with one attached hydrogen (secondary N) is 1. The molecule has 0 aromatic heterocycles. The molecule has 1 heterocycles. The number of carbonyl (C=O) groups is 1. The third-order valence-corrected chi connectivity index (χ3v) is 19.9. The van der Waals surface area contributed by atoms with Crippen LogP contribution < -0.4 is 5.32 Å². The Labute approximate surface area is 601 Å². The maximum atomic E-state index is 14.8. The summed E-state index contributed by atoms with van der Waals surface area (Å²) in [6.45, 7) is 5.51. The van der Waals surface area contributed by atoms with Crippen molar-refractivity contribution in [2.45, 2.75) is 333 Å². The Kier molecular flexibility index (Phi) is 45.3. The summed E-state index contributed by atoms with van der Waals surface area (Å²) in [4.78, 5) is 14.8. The number of amides is 1. The standard InChI is InChI=1S/C86H131NO11S/c1-4-6-8-10-12-14-16-18-19-20-21-22-23-24-25-26-27-28-30-32-34-36-53-65-81(88)87-78(82(93-68-75-58-46-39-47-59-75)79(92-67-74-56-44-38-45-57-74)64-52-35-33-31-29-17-15-13-11-9-7-5-2)71-96-86-85(95-70-77-62-50-41-51-63-77)84(94-69-76-60-48-40-49-61-76)83(98-99(3,89)90)80(97-86)72-91-66-73-54-42-37-43-55-73/h37-51,54-63,78-80,82-86H,4-36,52-53,64-72H2,1-3H3,(H,87,88)/t78-,79+,80+,82-,83+,84-,85+,86-/m0/s1. The first kappa shape index (κ1) is 83.1. The minimum absolute atomic E-state index is 0.0669. The molecular weight excluding hydrogens is 1260 g/mol. The summed E-state index contributed by atoms with van der Waals surface area (Å²) >= 11 is 0. The molecule has 0 bridgehead atoms. The highest BCUT2D eigenvalue weighted by molar-refractivity contribution is 7.86. The van der Waals surface area contributed by atoms with Gasteiger partial charge in [0.2, 0.25) is 5.91 Å². The number of rotatable bonds is 61. The first-order chi connectivity index (χ1) is 48.7. The lowest BCUT2D eigenvalue weighted by atomic mass is 9.97. The van der Waals surface area contributed by atoms with Crippen molar-refractivity contribution in [3.8, 4) is 0 Å². The lowest BCUT2D eigenvalue weighted by Crippen LogP contribution is -2.63. The van der Waals surface area contributed by atoms with Crippen molar-refractivity contribution in [2.75, 3.05) is 19.5 Å². The van der Waals surface area contributed by atoms with Gasteiger partial charge in [-0.15, -0.1) is 0 Å². The van der Waals surface area contributed by atoms with Crippen molar-refractivity contribution < 1.29 is 50.6 Å². The van der Waals surface area contributed by atoms with Crippen LogP contribution in [0.3, 0.4) is 0 Å². The van der Waals surface area contributed by atoms with Crippen molar-refractivity contribution in [1.29, 1.82) is 0 Å². The van der Waals surface area contributed by atoms with Gasteiger partial charge in [0.1, 0.15) is 30.5 Å². The van der Waals surface area contributed by atoms with Crippen LogP contribution in [0.1, 0.15) is 279 Å². The molecule has 0 aliphatic carbocycles. The van der Waals surface area contributed by atoms with Gasteiger partial charge in [0.15, 0.2) is 6.29 Å². The molecule has 1 amide bonds. The second kappa shape index (κ2) is 53.9. The van der Waals surface area contributed by atoms with Crippen molar-refractivity contribution in [2.24, 2.45) is 0 Å². The van der Waals surface area contributed by atoms with Crippen LogP contribution in [-0.2, 0) is 85.3 Å². The molecule has 8 atom stereocenters. The quantitative estimate of drug-likeness (QED) is 0.0294. The number of hydrogen-bond acceptors (Lipinski definition) is 11. The molecule has 552 valence electrons. The minimum atomic E-state index is -4.11. The summed E-state index contributed by atoms with van der Waals surface area (Å²) in [5, 5.41) is 3.49. The molecule has 1 N–H and O–H groups in total. The van der Waals surface area contributed by atoms with Gasteiger partial charge in [0.05, 0.1) is 64.6 Å². The van der Waals surface area contributed by atoms with Gasteiger partial charge in [0.25, 0.3) is 10.1 Å². The number of carbonyl (C=O) groups excluding carboxylic acids is 1. The Morgan fingerprint density at radius 1 is 0.404 bits per heavy atom. The molecule has 0 unspecified atom stereocenters. The molecule has 1 aliphatic rings. The molecule has 1 saturated heterocycles. The van der Waals surface area contributed by atoms with Crippen molar-refractivity contribution in [1.82, 2.24) is 5.32 Å². The predicted octanol–water partition coefficient (Wildman–Crippen LogP) is 21.6. The van der Waals surface area contributed by atoms with Crippen LogP contribution in [0.2, 0.25) is 0 Å². The molecule has 5 aromatic rings. The Bertz CT molecular complexity index is 2800. The van der Waals surface area contributed by atoms with Gasteiger partial charge in [-0.2, -0.15) is 8.42 Å². The molecule has 1 aliphatic heterocycles. The molecule has 99 heavy (non-hydrogen) atoms. The molecule has 13 heteroatoms. The number of unbranched alkanes of at least 4 members (excludes halogenated alkanes) is 33. The largest absolute Gasteiger partial charge is 0.374 e. The van der Waals surface area contributed by atoms with Gasteiger partial charge in [-0.05, 0) is 40.7 Å². The topological polar surface area (TPSA) is 137 Å².